The molecule has 0 amide bonds. The van der Waals surface area contributed by atoms with Crippen LogP contribution in [0, 0.1) is 17.8 Å². The van der Waals surface area contributed by atoms with E-state index in [-0.39, 0.29) is 37.6 Å². The van der Waals surface area contributed by atoms with Gasteiger partial charge in [-0.2, -0.15) is 0 Å². The van der Waals surface area contributed by atoms with Crippen LogP contribution in [0.25, 0.3) is 0 Å². The van der Waals surface area contributed by atoms with Gasteiger partial charge in [0.15, 0.2) is 0 Å². The largest absolute Gasteiger partial charge is 0.396 e. The summed E-state index contributed by atoms with van der Waals surface area (Å²) < 4.78 is 21.0. The highest BCUT2D eigenvalue weighted by atomic mass is 31.2. The Morgan fingerprint density at radius 3 is 1.16 bits per heavy atom. The fourth-order valence-corrected chi connectivity index (χ4v) is 6.30. The first-order valence-electron chi connectivity index (χ1n) is 6.50. The summed E-state index contributed by atoms with van der Waals surface area (Å²) in [5, 5.41) is 27.2. The van der Waals surface area contributed by atoms with Gasteiger partial charge < -0.3 is 19.9 Å². The van der Waals surface area contributed by atoms with Gasteiger partial charge in [0.05, 0.1) is 7.14 Å². The van der Waals surface area contributed by atoms with E-state index in [2.05, 4.69) is 0 Å². The molecule has 0 fully saturated rings. The third kappa shape index (κ3) is 10.6. The molecule has 0 spiro atoms. The van der Waals surface area contributed by atoms with Gasteiger partial charge in [0.25, 0.3) is 0 Å². The SMILES string of the molecule is CC(CO)CP(=O)(CC(C)CO)CC(C)CO.O=[PH2+]. The second kappa shape index (κ2) is 12.0. The highest BCUT2D eigenvalue weighted by molar-refractivity contribution is 7.63. The van der Waals surface area contributed by atoms with E-state index in [1.165, 1.54) is 9.12 Å². The molecule has 0 aliphatic heterocycles. The number of aliphatic hydroxyl groups is 3. The summed E-state index contributed by atoms with van der Waals surface area (Å²) in [6.07, 6.45) is 1.49. The summed E-state index contributed by atoms with van der Waals surface area (Å²) in [6, 6.07) is 0. The molecule has 0 saturated heterocycles. The minimum Gasteiger partial charge on any atom is -0.396 e. The molecular weight excluding hydrogens is 286 g/mol. The zero-order valence-electron chi connectivity index (χ0n) is 12.2. The molecule has 0 aromatic heterocycles. The zero-order valence-corrected chi connectivity index (χ0v) is 14.2. The van der Waals surface area contributed by atoms with Gasteiger partial charge in [0, 0.05) is 38.3 Å². The average molecular weight is 315 g/mol. The Bertz CT molecular complexity index is 224. The fourth-order valence-electron chi connectivity index (χ4n) is 2.10. The van der Waals surface area contributed by atoms with Crippen molar-refractivity contribution in [3.8, 4) is 0 Å². The van der Waals surface area contributed by atoms with Crippen LogP contribution in [0.5, 0.6) is 0 Å². The van der Waals surface area contributed by atoms with E-state index in [1.807, 2.05) is 20.8 Å². The van der Waals surface area contributed by atoms with Crippen LogP contribution in [0.4, 0.5) is 0 Å². The molecule has 116 valence electrons. The van der Waals surface area contributed by atoms with Crippen molar-refractivity contribution in [3.63, 3.8) is 0 Å². The van der Waals surface area contributed by atoms with Gasteiger partial charge in [-0.3, -0.25) is 0 Å². The van der Waals surface area contributed by atoms with Gasteiger partial charge in [-0.1, -0.05) is 25.3 Å². The quantitative estimate of drug-likeness (QED) is 0.560. The maximum absolute atomic E-state index is 12.8. The Morgan fingerprint density at radius 1 is 0.789 bits per heavy atom. The van der Waals surface area contributed by atoms with Crippen LogP contribution in [0.15, 0.2) is 0 Å². The first-order valence-corrected chi connectivity index (χ1v) is 9.23. The number of hydrogen-bond donors (Lipinski definition) is 3. The standard InChI is InChI=1S/C12H27O4P.H2OP/c1-10(4-13)7-17(16,8-11(2)5-14)9-12(3)6-15;1-2/h10-15H,4-9H2,1-3H3;2H2/q;+1. The lowest BCUT2D eigenvalue weighted by molar-refractivity contribution is 0.240. The third-order valence-electron chi connectivity index (χ3n) is 2.87. The second-order valence-electron chi connectivity index (χ2n) is 5.47. The highest BCUT2D eigenvalue weighted by Gasteiger charge is 2.28. The summed E-state index contributed by atoms with van der Waals surface area (Å²) in [7, 11) is -1.25. The van der Waals surface area contributed by atoms with E-state index in [1.54, 1.807) is 0 Å². The maximum atomic E-state index is 12.8. The molecule has 7 heteroatoms. The lowest BCUT2D eigenvalue weighted by Crippen LogP contribution is -2.19. The summed E-state index contributed by atoms with van der Waals surface area (Å²) in [4.78, 5) is 0. The lowest BCUT2D eigenvalue weighted by Gasteiger charge is -2.25. The lowest BCUT2D eigenvalue weighted by atomic mass is 10.2. The fraction of sp³-hybridized carbons (Fsp3) is 1.00. The summed E-state index contributed by atoms with van der Waals surface area (Å²) in [6.45, 7) is 5.72. The van der Waals surface area contributed by atoms with Crippen molar-refractivity contribution in [1.29, 1.82) is 0 Å². The highest BCUT2D eigenvalue weighted by Crippen LogP contribution is 2.50. The monoisotopic (exact) mass is 315 g/mol. The van der Waals surface area contributed by atoms with Gasteiger partial charge in [-0.05, 0) is 17.8 Å². The van der Waals surface area contributed by atoms with Crippen LogP contribution in [0.1, 0.15) is 20.8 Å². The molecule has 0 saturated carbocycles. The van der Waals surface area contributed by atoms with Crippen LogP contribution >= 0.6 is 16.3 Å². The van der Waals surface area contributed by atoms with E-state index < -0.39 is 7.14 Å². The maximum Gasteiger partial charge on any atom is 0.310 e. The third-order valence-corrected chi connectivity index (χ3v) is 6.73. The first-order chi connectivity index (χ1) is 8.86. The van der Waals surface area contributed by atoms with Crippen molar-refractivity contribution in [3.05, 3.63) is 0 Å². The summed E-state index contributed by atoms with van der Waals surface area (Å²) >= 11 is 0. The summed E-state index contributed by atoms with van der Waals surface area (Å²) in [5.74, 6) is 0.0351. The summed E-state index contributed by atoms with van der Waals surface area (Å²) in [5.41, 5.74) is 0. The number of aliphatic hydroxyl groups excluding tert-OH is 3. The van der Waals surface area contributed by atoms with E-state index >= 15 is 0 Å². The minimum atomic E-state index is -2.42. The Kier molecular flexibility index (Phi) is 13.6. The van der Waals surface area contributed by atoms with E-state index in [0.29, 0.717) is 18.5 Å². The van der Waals surface area contributed by atoms with Crippen molar-refractivity contribution in [2.24, 2.45) is 17.8 Å². The van der Waals surface area contributed by atoms with Gasteiger partial charge in [-0.25, -0.2) is 0 Å². The Balaban J connectivity index is 0. The van der Waals surface area contributed by atoms with Crippen molar-refractivity contribution in [1.82, 2.24) is 0 Å². The van der Waals surface area contributed by atoms with Crippen LogP contribution in [-0.4, -0.2) is 53.6 Å². The second-order valence-corrected chi connectivity index (χ2v) is 8.68. The van der Waals surface area contributed by atoms with Gasteiger partial charge in [0.1, 0.15) is 0 Å². The van der Waals surface area contributed by atoms with Gasteiger partial charge >= 0.3 is 9.12 Å². The normalized spacial score (nSPS) is 18.6. The molecule has 3 N–H and O–H groups in total. The van der Waals surface area contributed by atoms with Crippen LogP contribution in [0.2, 0.25) is 0 Å². The van der Waals surface area contributed by atoms with Gasteiger partial charge in [-0.15, -0.1) is 0 Å². The number of rotatable bonds is 9. The van der Waals surface area contributed by atoms with Gasteiger partial charge in [0.2, 0.25) is 0 Å². The van der Waals surface area contributed by atoms with Crippen molar-refractivity contribution < 1.29 is 24.4 Å². The van der Waals surface area contributed by atoms with Crippen molar-refractivity contribution >= 4 is 16.3 Å². The molecule has 0 heterocycles. The van der Waals surface area contributed by atoms with Crippen molar-refractivity contribution in [2.75, 3.05) is 38.3 Å². The molecule has 0 aliphatic rings. The molecule has 4 unspecified atom stereocenters. The molecule has 5 nitrogen and oxygen atoms in total. The van der Waals surface area contributed by atoms with Crippen LogP contribution in [0.3, 0.4) is 0 Å². The molecule has 0 rings (SSSR count). The number of hydrogen-bond acceptors (Lipinski definition) is 5. The minimum absolute atomic E-state index is 0.0117. The van der Waals surface area contributed by atoms with E-state index in [4.69, 9.17) is 19.9 Å². The first kappa shape index (κ1) is 21.5. The molecule has 4 atom stereocenters. The molecule has 0 bridgehead atoms. The predicted molar refractivity (Wildman–Crippen MR) is 81.4 cm³/mol. The molecule has 0 aromatic rings. The smallest absolute Gasteiger partial charge is 0.310 e. The Morgan fingerprint density at radius 2 is 1.00 bits per heavy atom. The van der Waals surface area contributed by atoms with E-state index in [0.717, 1.165) is 0 Å². The zero-order chi connectivity index (χ0) is 15.5. The molecular formula is C12H29O5P2+. The van der Waals surface area contributed by atoms with Crippen molar-refractivity contribution in [2.45, 2.75) is 20.8 Å². The van der Waals surface area contributed by atoms with Crippen LogP contribution in [-0.2, 0) is 9.13 Å². The van der Waals surface area contributed by atoms with Crippen LogP contribution < -0.4 is 0 Å². The Hall–Kier alpha value is 0.210. The Labute approximate surface area is 118 Å². The molecule has 0 radical (unpaired) electrons. The average Bonchev–Trinajstić information content (AvgIpc) is 2.39. The topological polar surface area (TPSA) is 94.8 Å². The van der Waals surface area contributed by atoms with E-state index in [9.17, 15) is 4.57 Å². The molecule has 19 heavy (non-hydrogen) atoms. The predicted octanol–water partition coefficient (Wildman–Crippen LogP) is 1.44. The molecule has 0 aromatic carbocycles. The molecule has 0 aliphatic carbocycles.